The molecule has 1 heterocycles. The van der Waals surface area contributed by atoms with Crippen LogP contribution in [0.15, 0.2) is 23.0 Å². The molecule has 90 valence electrons. The van der Waals surface area contributed by atoms with Gasteiger partial charge in [0.05, 0.1) is 5.52 Å². The van der Waals surface area contributed by atoms with Gasteiger partial charge in [-0.3, -0.25) is 4.79 Å². The molecule has 0 spiro atoms. The lowest BCUT2D eigenvalue weighted by Crippen LogP contribution is -2.08. The molecule has 0 aliphatic heterocycles. The number of hydrogen-bond donors (Lipinski definition) is 1. The molecule has 0 radical (unpaired) electrons. The highest BCUT2D eigenvalue weighted by Crippen LogP contribution is 2.15. The molecule has 0 saturated carbocycles. The highest BCUT2D eigenvalue weighted by atomic mass is 19.2. The van der Waals surface area contributed by atoms with E-state index in [1.54, 1.807) is 0 Å². The second-order valence-electron chi connectivity index (χ2n) is 4.57. The lowest BCUT2D eigenvalue weighted by atomic mass is 10.1. The first-order chi connectivity index (χ1) is 7.97. The molecule has 17 heavy (non-hydrogen) atoms. The summed E-state index contributed by atoms with van der Waals surface area (Å²) in [6.45, 7) is 4.04. The van der Waals surface area contributed by atoms with Gasteiger partial charge in [-0.2, -0.15) is 0 Å². The third-order valence-electron chi connectivity index (χ3n) is 2.55. The lowest BCUT2D eigenvalue weighted by molar-refractivity contribution is 0.510. The number of aromatic amines is 1. The second kappa shape index (κ2) is 4.28. The van der Waals surface area contributed by atoms with Crippen LogP contribution in [0.4, 0.5) is 8.78 Å². The summed E-state index contributed by atoms with van der Waals surface area (Å²) in [5.74, 6) is -1.57. The molecular weight excluding hydrogens is 224 g/mol. The number of H-pyrrole nitrogens is 1. The molecule has 2 rings (SSSR count). The molecule has 0 unspecified atom stereocenters. The lowest BCUT2D eigenvalue weighted by Gasteiger charge is -2.07. The summed E-state index contributed by atoms with van der Waals surface area (Å²) in [6.07, 6.45) is 0.699. The first-order valence-corrected chi connectivity index (χ1v) is 5.48. The Morgan fingerprint density at radius 1 is 1.18 bits per heavy atom. The van der Waals surface area contributed by atoms with E-state index in [-0.39, 0.29) is 10.8 Å². The number of rotatable bonds is 2. The quantitative estimate of drug-likeness (QED) is 0.855. The summed E-state index contributed by atoms with van der Waals surface area (Å²) in [6, 6.07) is 3.40. The molecule has 0 fully saturated rings. The van der Waals surface area contributed by atoms with E-state index in [2.05, 4.69) is 4.98 Å². The smallest absolute Gasteiger partial charge is 0.189 e. The van der Waals surface area contributed by atoms with Crippen molar-refractivity contribution in [2.45, 2.75) is 20.3 Å². The Morgan fingerprint density at radius 2 is 1.82 bits per heavy atom. The number of fused-ring (bicyclic) bond motifs is 1. The van der Waals surface area contributed by atoms with Gasteiger partial charge in [0.1, 0.15) is 0 Å². The van der Waals surface area contributed by atoms with Crippen molar-refractivity contribution in [3.8, 4) is 0 Å². The van der Waals surface area contributed by atoms with Crippen LogP contribution in [0.25, 0.3) is 10.9 Å². The standard InChI is InChI=1S/C13H13F2NO/c1-7(2)3-8-4-13(17)9-5-10(14)11(15)6-12(9)16-8/h4-7H,3H2,1-2H3,(H,16,17). The van der Waals surface area contributed by atoms with Crippen LogP contribution in [0.1, 0.15) is 19.5 Å². The largest absolute Gasteiger partial charge is 0.358 e. The molecule has 0 saturated heterocycles. The van der Waals surface area contributed by atoms with E-state index in [1.807, 2.05) is 13.8 Å². The summed E-state index contributed by atoms with van der Waals surface area (Å²) in [5.41, 5.74) is 0.795. The third kappa shape index (κ3) is 2.35. The Bertz CT molecular complexity index is 617. The fourth-order valence-electron chi connectivity index (χ4n) is 1.85. The minimum atomic E-state index is -1.00. The normalized spacial score (nSPS) is 11.4. The minimum absolute atomic E-state index is 0.177. The number of benzene rings is 1. The molecule has 0 amide bonds. The molecule has 2 nitrogen and oxygen atoms in total. The van der Waals surface area contributed by atoms with Crippen LogP contribution in [0.2, 0.25) is 0 Å². The van der Waals surface area contributed by atoms with E-state index in [0.29, 0.717) is 17.9 Å². The summed E-state index contributed by atoms with van der Waals surface area (Å²) in [4.78, 5) is 14.7. The molecule has 0 aliphatic rings. The van der Waals surface area contributed by atoms with Crippen LogP contribution >= 0.6 is 0 Å². The zero-order chi connectivity index (χ0) is 12.6. The zero-order valence-electron chi connectivity index (χ0n) is 9.68. The van der Waals surface area contributed by atoms with Gasteiger partial charge in [-0.25, -0.2) is 8.78 Å². The number of pyridine rings is 1. The minimum Gasteiger partial charge on any atom is -0.358 e. The Balaban J connectivity index is 2.65. The average molecular weight is 237 g/mol. The monoisotopic (exact) mass is 237 g/mol. The Morgan fingerprint density at radius 3 is 2.47 bits per heavy atom. The molecule has 1 aromatic carbocycles. The number of halogens is 2. The van der Waals surface area contributed by atoms with Gasteiger partial charge >= 0.3 is 0 Å². The predicted molar refractivity (Wildman–Crippen MR) is 63.0 cm³/mol. The van der Waals surface area contributed by atoms with Gasteiger partial charge in [-0.1, -0.05) is 13.8 Å². The molecule has 1 N–H and O–H groups in total. The second-order valence-corrected chi connectivity index (χ2v) is 4.57. The van der Waals surface area contributed by atoms with Crippen molar-refractivity contribution < 1.29 is 8.78 Å². The number of nitrogens with one attached hydrogen (secondary N) is 1. The molecule has 2 aromatic rings. The van der Waals surface area contributed by atoms with Gasteiger partial charge < -0.3 is 4.98 Å². The van der Waals surface area contributed by atoms with Gasteiger partial charge in [0.2, 0.25) is 0 Å². The van der Waals surface area contributed by atoms with Crippen molar-refractivity contribution >= 4 is 10.9 Å². The van der Waals surface area contributed by atoms with Crippen LogP contribution in [-0.2, 0) is 6.42 Å². The van der Waals surface area contributed by atoms with Crippen molar-refractivity contribution in [3.63, 3.8) is 0 Å². The van der Waals surface area contributed by atoms with Crippen LogP contribution < -0.4 is 5.43 Å². The van der Waals surface area contributed by atoms with Crippen molar-refractivity contribution in [1.29, 1.82) is 0 Å². The average Bonchev–Trinajstić information content (AvgIpc) is 2.20. The summed E-state index contributed by atoms with van der Waals surface area (Å²) in [5, 5.41) is 0.177. The Kier molecular flexibility index (Phi) is 2.96. The topological polar surface area (TPSA) is 32.9 Å². The van der Waals surface area contributed by atoms with Gasteiger partial charge in [-0.15, -0.1) is 0 Å². The predicted octanol–water partition coefficient (Wildman–Crippen LogP) is 3.00. The first-order valence-electron chi connectivity index (χ1n) is 5.48. The van der Waals surface area contributed by atoms with E-state index in [9.17, 15) is 13.6 Å². The van der Waals surface area contributed by atoms with E-state index in [0.717, 1.165) is 17.8 Å². The van der Waals surface area contributed by atoms with E-state index in [1.165, 1.54) is 6.07 Å². The van der Waals surface area contributed by atoms with Crippen LogP contribution in [0.5, 0.6) is 0 Å². The van der Waals surface area contributed by atoms with E-state index < -0.39 is 11.6 Å². The van der Waals surface area contributed by atoms with Crippen molar-refractivity contribution in [3.05, 3.63) is 45.8 Å². The molecule has 0 aliphatic carbocycles. The molecular formula is C13H13F2NO. The van der Waals surface area contributed by atoms with E-state index in [4.69, 9.17) is 0 Å². The fraction of sp³-hybridized carbons (Fsp3) is 0.308. The first kappa shape index (κ1) is 11.8. The van der Waals surface area contributed by atoms with Gasteiger partial charge in [0.25, 0.3) is 0 Å². The maximum Gasteiger partial charge on any atom is 0.189 e. The van der Waals surface area contributed by atoms with Gasteiger partial charge in [0.15, 0.2) is 17.1 Å². The molecule has 4 heteroatoms. The zero-order valence-corrected chi connectivity index (χ0v) is 9.68. The third-order valence-corrected chi connectivity index (χ3v) is 2.55. The summed E-state index contributed by atoms with van der Waals surface area (Å²) in [7, 11) is 0. The maximum absolute atomic E-state index is 13.1. The Labute approximate surface area is 97.3 Å². The van der Waals surface area contributed by atoms with Gasteiger partial charge in [-0.05, 0) is 18.4 Å². The maximum atomic E-state index is 13.1. The number of hydrogen-bond acceptors (Lipinski definition) is 1. The van der Waals surface area contributed by atoms with Crippen LogP contribution in [-0.4, -0.2) is 4.98 Å². The fourth-order valence-corrected chi connectivity index (χ4v) is 1.85. The van der Waals surface area contributed by atoms with Crippen LogP contribution in [0, 0.1) is 17.6 Å². The molecule has 1 aromatic heterocycles. The highest BCUT2D eigenvalue weighted by Gasteiger charge is 2.08. The molecule has 0 atom stereocenters. The van der Waals surface area contributed by atoms with Gasteiger partial charge in [0, 0.05) is 23.2 Å². The Hall–Kier alpha value is -1.71. The molecule has 0 bridgehead atoms. The SMILES string of the molecule is CC(C)Cc1cc(=O)c2cc(F)c(F)cc2[nH]1. The van der Waals surface area contributed by atoms with Crippen LogP contribution in [0.3, 0.4) is 0 Å². The van der Waals surface area contributed by atoms with Crippen molar-refractivity contribution in [2.75, 3.05) is 0 Å². The summed E-state index contributed by atoms with van der Waals surface area (Å²) >= 11 is 0. The highest BCUT2D eigenvalue weighted by molar-refractivity contribution is 5.78. The van der Waals surface area contributed by atoms with E-state index >= 15 is 0 Å². The van der Waals surface area contributed by atoms with Crippen molar-refractivity contribution in [1.82, 2.24) is 4.98 Å². The summed E-state index contributed by atoms with van der Waals surface area (Å²) < 4.78 is 26.1. The van der Waals surface area contributed by atoms with Crippen molar-refractivity contribution in [2.24, 2.45) is 5.92 Å². The number of aromatic nitrogens is 1.